The maximum absolute atomic E-state index is 11.8. The molecule has 0 bridgehead atoms. The van der Waals surface area contributed by atoms with E-state index in [4.69, 9.17) is 12.2 Å². The average Bonchev–Trinajstić information content (AvgIpc) is 3.35. The molecule has 2 atom stereocenters. The maximum atomic E-state index is 11.8. The Morgan fingerprint density at radius 3 is 2.45 bits per heavy atom. The fourth-order valence-electron chi connectivity index (χ4n) is 5.16. The van der Waals surface area contributed by atoms with Crippen molar-refractivity contribution in [2.45, 2.75) is 32.9 Å². The molecule has 0 radical (unpaired) electrons. The largest absolute Gasteiger partial charge is 0.351 e. The lowest BCUT2D eigenvalue weighted by atomic mass is 9.96. The Hall–Kier alpha value is -3.21. The first-order chi connectivity index (χ1) is 18.0. The van der Waals surface area contributed by atoms with Gasteiger partial charge in [0, 0.05) is 33.4 Å². The van der Waals surface area contributed by atoms with Crippen molar-refractivity contribution in [3.63, 3.8) is 0 Å². The SMILES string of the molecule is Cc1cc(N2C(=S)N[C@H](c3ccccn3)[C@@H]2c2cc(C)n(-c3cccc(Br)c3)c2C)ccc1NS(C)(=O)=O. The average molecular weight is 611 g/mol. The quantitative estimate of drug-likeness (QED) is 0.257. The fourth-order valence-corrected chi connectivity index (χ4v) is 6.52. The van der Waals surface area contributed by atoms with Gasteiger partial charge >= 0.3 is 0 Å². The van der Waals surface area contributed by atoms with E-state index in [9.17, 15) is 8.42 Å². The van der Waals surface area contributed by atoms with Gasteiger partial charge in [0.25, 0.3) is 0 Å². The van der Waals surface area contributed by atoms with Crippen LogP contribution in [0, 0.1) is 20.8 Å². The van der Waals surface area contributed by atoms with E-state index in [1.807, 2.05) is 49.4 Å². The van der Waals surface area contributed by atoms with Gasteiger partial charge in [-0.1, -0.05) is 28.1 Å². The highest BCUT2D eigenvalue weighted by Gasteiger charge is 2.42. The second-order valence-corrected chi connectivity index (χ2v) is 12.6. The smallest absolute Gasteiger partial charge is 0.229 e. The lowest BCUT2D eigenvalue weighted by Crippen LogP contribution is -2.29. The molecule has 5 rings (SSSR count). The predicted molar refractivity (Wildman–Crippen MR) is 161 cm³/mol. The summed E-state index contributed by atoms with van der Waals surface area (Å²) in [6.45, 7) is 6.12. The number of benzene rings is 2. The van der Waals surface area contributed by atoms with E-state index >= 15 is 0 Å². The van der Waals surface area contributed by atoms with Crippen molar-refractivity contribution in [1.29, 1.82) is 0 Å². The van der Waals surface area contributed by atoms with Crippen LogP contribution in [0.5, 0.6) is 0 Å². The maximum Gasteiger partial charge on any atom is 0.229 e. The van der Waals surface area contributed by atoms with Crippen LogP contribution in [0.3, 0.4) is 0 Å². The van der Waals surface area contributed by atoms with Gasteiger partial charge in [0.2, 0.25) is 10.0 Å². The van der Waals surface area contributed by atoms with Gasteiger partial charge in [0.15, 0.2) is 5.11 Å². The van der Waals surface area contributed by atoms with E-state index in [1.54, 1.807) is 12.3 Å². The minimum Gasteiger partial charge on any atom is -0.351 e. The van der Waals surface area contributed by atoms with Crippen LogP contribution >= 0.6 is 28.1 Å². The molecule has 0 amide bonds. The van der Waals surface area contributed by atoms with Crippen molar-refractivity contribution in [3.05, 3.63) is 106 Å². The molecule has 1 aliphatic heterocycles. The van der Waals surface area contributed by atoms with E-state index in [1.165, 1.54) is 0 Å². The number of thiocarbonyl (C=S) groups is 1. The number of halogens is 1. The van der Waals surface area contributed by atoms with Crippen LogP contribution < -0.4 is 14.9 Å². The normalized spacial score (nSPS) is 17.5. The van der Waals surface area contributed by atoms with Gasteiger partial charge in [0.05, 0.1) is 29.7 Å². The van der Waals surface area contributed by atoms with Crippen LogP contribution in [-0.2, 0) is 10.0 Å². The number of sulfonamides is 1. The second kappa shape index (κ2) is 10.2. The molecule has 0 unspecified atom stereocenters. The summed E-state index contributed by atoms with van der Waals surface area (Å²) in [5.41, 5.74) is 7.52. The number of nitrogens with one attached hydrogen (secondary N) is 2. The van der Waals surface area contributed by atoms with Gasteiger partial charge in [-0.2, -0.15) is 0 Å². The molecule has 2 aromatic carbocycles. The molecule has 1 saturated heterocycles. The van der Waals surface area contributed by atoms with E-state index in [2.05, 4.69) is 72.5 Å². The first kappa shape index (κ1) is 26.4. The standard InChI is InChI=1S/C28H28BrN5O2S2/c1-17-14-22(11-12-24(17)32-38(4,35)36)34-27(26(31-28(34)37)25-10-5-6-13-30-25)23-15-18(2)33(19(23)3)21-9-7-8-20(29)16-21/h5-16,26-27,32H,1-4H3,(H,31,37)/t26-,27+/m1/s1. The molecule has 2 N–H and O–H groups in total. The first-order valence-corrected chi connectivity index (χ1v) is 15.2. The lowest BCUT2D eigenvalue weighted by Gasteiger charge is -2.29. The van der Waals surface area contributed by atoms with E-state index in [0.717, 1.165) is 50.3 Å². The Kier molecular flexibility index (Phi) is 7.06. The number of aromatic nitrogens is 2. The molecular formula is C28H28BrN5O2S2. The molecule has 0 saturated carbocycles. The fraction of sp³-hybridized carbons (Fsp3) is 0.214. The Labute approximate surface area is 237 Å². The molecule has 3 heterocycles. The van der Waals surface area contributed by atoms with Crippen LogP contribution in [0.15, 0.2) is 77.4 Å². The summed E-state index contributed by atoms with van der Waals surface area (Å²) in [6.07, 6.45) is 2.94. The van der Waals surface area contributed by atoms with E-state index < -0.39 is 10.0 Å². The van der Waals surface area contributed by atoms with Gasteiger partial charge in [-0.3, -0.25) is 9.71 Å². The number of aryl methyl sites for hydroxylation is 2. The Balaban J connectivity index is 1.65. The van der Waals surface area contributed by atoms with Crippen LogP contribution in [0.2, 0.25) is 0 Å². The summed E-state index contributed by atoms with van der Waals surface area (Å²) in [6, 6.07) is 21.6. The topological polar surface area (TPSA) is 79.3 Å². The number of hydrogen-bond acceptors (Lipinski definition) is 4. The second-order valence-electron chi connectivity index (χ2n) is 9.51. The van der Waals surface area contributed by atoms with Crippen molar-refractivity contribution in [1.82, 2.24) is 14.9 Å². The minimum atomic E-state index is -3.39. The zero-order valence-corrected chi connectivity index (χ0v) is 24.7. The van der Waals surface area contributed by atoms with Crippen molar-refractivity contribution in [2.75, 3.05) is 15.9 Å². The summed E-state index contributed by atoms with van der Waals surface area (Å²) in [5.74, 6) is 0. The molecule has 2 aromatic heterocycles. The summed E-state index contributed by atoms with van der Waals surface area (Å²) in [7, 11) is -3.39. The molecule has 0 spiro atoms. The summed E-state index contributed by atoms with van der Waals surface area (Å²) >= 11 is 9.50. The molecule has 196 valence electrons. The number of nitrogens with zero attached hydrogens (tertiary/aromatic N) is 3. The summed E-state index contributed by atoms with van der Waals surface area (Å²) < 4.78 is 29.5. The predicted octanol–water partition coefficient (Wildman–Crippen LogP) is 6.11. The van der Waals surface area contributed by atoms with Gasteiger partial charge in [-0.25, -0.2) is 8.42 Å². The monoisotopic (exact) mass is 609 g/mol. The van der Waals surface area contributed by atoms with Gasteiger partial charge < -0.3 is 14.8 Å². The molecule has 4 aromatic rings. The highest BCUT2D eigenvalue weighted by Crippen LogP contribution is 2.44. The van der Waals surface area contributed by atoms with Gasteiger partial charge in [-0.15, -0.1) is 0 Å². The third-order valence-corrected chi connectivity index (χ3v) is 8.14. The summed E-state index contributed by atoms with van der Waals surface area (Å²) in [5, 5.41) is 4.10. The third-order valence-electron chi connectivity index (χ3n) is 6.74. The summed E-state index contributed by atoms with van der Waals surface area (Å²) in [4.78, 5) is 6.77. The molecule has 1 aliphatic rings. The Morgan fingerprint density at radius 1 is 1.00 bits per heavy atom. The molecule has 0 aliphatic carbocycles. The lowest BCUT2D eigenvalue weighted by molar-refractivity contribution is 0.565. The third kappa shape index (κ3) is 5.08. The molecule has 38 heavy (non-hydrogen) atoms. The highest BCUT2D eigenvalue weighted by molar-refractivity contribution is 9.10. The first-order valence-electron chi connectivity index (χ1n) is 12.1. The zero-order chi connectivity index (χ0) is 27.2. The van der Waals surface area contributed by atoms with E-state index in [0.29, 0.717) is 10.8 Å². The van der Waals surface area contributed by atoms with Gasteiger partial charge in [-0.05, 0) is 98.7 Å². The number of hydrogen-bond donors (Lipinski definition) is 2. The van der Waals surface area contributed by atoms with Crippen LogP contribution in [0.1, 0.15) is 40.3 Å². The molecular weight excluding hydrogens is 582 g/mol. The van der Waals surface area contributed by atoms with E-state index in [-0.39, 0.29) is 12.1 Å². The number of rotatable bonds is 6. The van der Waals surface area contributed by atoms with Gasteiger partial charge in [0.1, 0.15) is 0 Å². The Bertz CT molecular complexity index is 1640. The van der Waals surface area contributed by atoms with Crippen molar-refractivity contribution in [3.8, 4) is 5.69 Å². The van der Waals surface area contributed by atoms with Crippen LogP contribution in [-0.4, -0.2) is 29.3 Å². The van der Waals surface area contributed by atoms with Crippen molar-refractivity contribution >= 4 is 54.7 Å². The van der Waals surface area contributed by atoms with Crippen molar-refractivity contribution < 1.29 is 8.42 Å². The molecule has 10 heteroatoms. The zero-order valence-electron chi connectivity index (χ0n) is 21.4. The minimum absolute atomic E-state index is 0.183. The van der Waals surface area contributed by atoms with Crippen LogP contribution in [0.25, 0.3) is 5.69 Å². The van der Waals surface area contributed by atoms with Crippen LogP contribution in [0.4, 0.5) is 11.4 Å². The molecule has 7 nitrogen and oxygen atoms in total. The number of pyridine rings is 1. The van der Waals surface area contributed by atoms with Crippen molar-refractivity contribution in [2.24, 2.45) is 0 Å². The Morgan fingerprint density at radius 2 is 1.79 bits per heavy atom. The highest BCUT2D eigenvalue weighted by atomic mass is 79.9. The number of anilines is 2. The molecule has 1 fully saturated rings.